The summed E-state index contributed by atoms with van der Waals surface area (Å²) in [5, 5.41) is 6.47. The molecule has 4 heteroatoms. The molecule has 0 amide bonds. The molecule has 0 aliphatic rings. The highest BCUT2D eigenvalue weighted by atomic mass is 79.9. The summed E-state index contributed by atoms with van der Waals surface area (Å²) in [6.45, 7) is 6.62. The average molecular weight is 366 g/mol. The van der Waals surface area contributed by atoms with Crippen LogP contribution in [0.1, 0.15) is 31.7 Å². The second-order valence-corrected chi connectivity index (χ2v) is 6.56. The lowest BCUT2D eigenvalue weighted by Gasteiger charge is -2.31. The number of halogens is 2. The van der Waals surface area contributed by atoms with Crippen molar-refractivity contribution in [2.45, 2.75) is 33.6 Å². The van der Waals surface area contributed by atoms with Crippen molar-refractivity contribution >= 4 is 31.9 Å². The molecule has 0 aliphatic heterocycles. The average Bonchev–Trinajstić information content (AvgIpc) is 2.55. The van der Waals surface area contributed by atoms with Crippen LogP contribution in [0.15, 0.2) is 6.07 Å². The number of nitrogens with zero attached hydrogens (tertiary/aromatic N) is 2. The number of aryl methyl sites for hydroxylation is 2. The maximum Gasteiger partial charge on any atom is 0.0596 e. The molecule has 0 radical (unpaired) electrons. The Morgan fingerprint density at radius 2 is 1.94 bits per heavy atom. The summed E-state index contributed by atoms with van der Waals surface area (Å²) in [4.78, 5) is 0. The molecule has 0 aromatic carbocycles. The second-order valence-electron chi connectivity index (χ2n) is 5.44. The van der Waals surface area contributed by atoms with Gasteiger partial charge in [0, 0.05) is 23.4 Å². The molecule has 98 valence electrons. The lowest BCUT2D eigenvalue weighted by molar-refractivity contribution is 0.298. The zero-order chi connectivity index (χ0) is 13.1. The first-order chi connectivity index (χ1) is 7.92. The third kappa shape index (κ3) is 4.09. The fraction of sp³-hybridized carbons (Fsp3) is 0.769. The Morgan fingerprint density at radius 1 is 1.35 bits per heavy atom. The van der Waals surface area contributed by atoms with Gasteiger partial charge in [0.25, 0.3) is 0 Å². The molecule has 0 spiro atoms. The standard InChI is InChI=1S/C13H22Br2N2/c1-10(2)6-13(8-14,9-15)7-12-5-11(3)16-17(12)4/h5,10H,6-9H2,1-4H3. The first-order valence-corrected chi connectivity index (χ1v) is 8.28. The molecule has 0 saturated heterocycles. The van der Waals surface area contributed by atoms with Gasteiger partial charge in [-0.2, -0.15) is 5.10 Å². The fourth-order valence-electron chi connectivity index (χ4n) is 2.39. The number of alkyl halides is 2. The Morgan fingerprint density at radius 3 is 2.29 bits per heavy atom. The molecule has 1 aromatic rings. The first kappa shape index (κ1) is 15.2. The van der Waals surface area contributed by atoms with Crippen molar-refractivity contribution in [1.82, 2.24) is 9.78 Å². The van der Waals surface area contributed by atoms with Gasteiger partial charge < -0.3 is 0 Å². The first-order valence-electron chi connectivity index (χ1n) is 6.04. The van der Waals surface area contributed by atoms with Crippen LogP contribution in [0.3, 0.4) is 0 Å². The van der Waals surface area contributed by atoms with E-state index in [4.69, 9.17) is 0 Å². The highest BCUT2D eigenvalue weighted by Gasteiger charge is 2.30. The summed E-state index contributed by atoms with van der Waals surface area (Å²) in [7, 11) is 2.03. The van der Waals surface area contributed by atoms with Crippen LogP contribution in [0.5, 0.6) is 0 Å². The highest BCUT2D eigenvalue weighted by Crippen LogP contribution is 2.34. The fourth-order valence-corrected chi connectivity index (χ4v) is 4.17. The van der Waals surface area contributed by atoms with E-state index in [1.807, 2.05) is 11.7 Å². The van der Waals surface area contributed by atoms with Gasteiger partial charge in [0.1, 0.15) is 0 Å². The van der Waals surface area contributed by atoms with Gasteiger partial charge in [-0.05, 0) is 37.2 Å². The van der Waals surface area contributed by atoms with E-state index in [-0.39, 0.29) is 5.41 Å². The largest absolute Gasteiger partial charge is 0.272 e. The monoisotopic (exact) mass is 364 g/mol. The molecule has 2 nitrogen and oxygen atoms in total. The van der Waals surface area contributed by atoms with E-state index in [1.165, 1.54) is 12.1 Å². The Kier molecular flexibility index (Phi) is 5.71. The maximum atomic E-state index is 4.43. The van der Waals surface area contributed by atoms with Crippen LogP contribution >= 0.6 is 31.9 Å². The van der Waals surface area contributed by atoms with Crippen LogP contribution < -0.4 is 0 Å². The third-order valence-electron chi connectivity index (χ3n) is 3.06. The lowest BCUT2D eigenvalue weighted by Crippen LogP contribution is -2.30. The molecule has 1 heterocycles. The molecule has 1 rings (SSSR count). The van der Waals surface area contributed by atoms with Crippen LogP contribution in [0.2, 0.25) is 0 Å². The molecule has 17 heavy (non-hydrogen) atoms. The quantitative estimate of drug-likeness (QED) is 0.694. The number of aromatic nitrogens is 2. The van der Waals surface area contributed by atoms with Crippen molar-refractivity contribution < 1.29 is 0 Å². The molecule has 0 bridgehead atoms. The predicted octanol–water partition coefficient (Wildman–Crippen LogP) is 4.09. The van der Waals surface area contributed by atoms with Crippen molar-refractivity contribution in [1.29, 1.82) is 0 Å². The van der Waals surface area contributed by atoms with Gasteiger partial charge in [-0.3, -0.25) is 4.68 Å². The summed E-state index contributed by atoms with van der Waals surface area (Å²) in [5.41, 5.74) is 2.71. The Hall–Kier alpha value is 0.170. The second kappa shape index (κ2) is 6.37. The van der Waals surface area contributed by atoms with Gasteiger partial charge in [0.2, 0.25) is 0 Å². The van der Waals surface area contributed by atoms with E-state index < -0.39 is 0 Å². The molecule has 0 N–H and O–H groups in total. The van der Waals surface area contributed by atoms with Crippen LogP contribution in [0.25, 0.3) is 0 Å². The molecule has 1 aromatic heterocycles. The molecular weight excluding hydrogens is 344 g/mol. The zero-order valence-corrected chi connectivity index (χ0v) is 14.3. The molecule has 0 aliphatic carbocycles. The Labute approximate surface area is 121 Å². The number of rotatable bonds is 6. The van der Waals surface area contributed by atoms with Gasteiger partial charge in [-0.1, -0.05) is 45.7 Å². The van der Waals surface area contributed by atoms with Crippen molar-refractivity contribution in [2.24, 2.45) is 18.4 Å². The van der Waals surface area contributed by atoms with Gasteiger partial charge >= 0.3 is 0 Å². The summed E-state index contributed by atoms with van der Waals surface area (Å²) in [5.74, 6) is 0.708. The van der Waals surface area contributed by atoms with Gasteiger partial charge in [0.15, 0.2) is 0 Å². The van der Waals surface area contributed by atoms with Gasteiger partial charge in [-0.15, -0.1) is 0 Å². The third-order valence-corrected chi connectivity index (χ3v) is 5.44. The minimum absolute atomic E-state index is 0.286. The molecule has 0 atom stereocenters. The predicted molar refractivity (Wildman–Crippen MR) is 81.1 cm³/mol. The summed E-state index contributed by atoms with van der Waals surface area (Å²) in [6, 6.07) is 2.19. The SMILES string of the molecule is Cc1cc(CC(CBr)(CBr)CC(C)C)n(C)n1. The summed E-state index contributed by atoms with van der Waals surface area (Å²) < 4.78 is 2.01. The lowest BCUT2D eigenvalue weighted by atomic mass is 9.80. The minimum Gasteiger partial charge on any atom is -0.272 e. The van der Waals surface area contributed by atoms with E-state index in [0.717, 1.165) is 22.8 Å². The molecule has 0 fully saturated rings. The maximum absolute atomic E-state index is 4.43. The van der Waals surface area contributed by atoms with E-state index in [1.54, 1.807) is 0 Å². The topological polar surface area (TPSA) is 17.8 Å². The zero-order valence-electron chi connectivity index (χ0n) is 11.1. The van der Waals surface area contributed by atoms with Gasteiger partial charge in [-0.25, -0.2) is 0 Å². The minimum atomic E-state index is 0.286. The van der Waals surface area contributed by atoms with E-state index in [9.17, 15) is 0 Å². The van der Waals surface area contributed by atoms with Crippen LogP contribution in [0, 0.1) is 18.3 Å². The van der Waals surface area contributed by atoms with Crippen molar-refractivity contribution in [3.05, 3.63) is 17.5 Å². The normalized spacial score (nSPS) is 12.4. The van der Waals surface area contributed by atoms with Crippen molar-refractivity contribution in [3.63, 3.8) is 0 Å². The smallest absolute Gasteiger partial charge is 0.0596 e. The molecule has 0 unspecified atom stereocenters. The number of hydrogen-bond donors (Lipinski definition) is 0. The summed E-state index contributed by atoms with van der Waals surface area (Å²) in [6.07, 6.45) is 2.28. The summed E-state index contributed by atoms with van der Waals surface area (Å²) >= 11 is 7.38. The van der Waals surface area contributed by atoms with Crippen LogP contribution in [-0.2, 0) is 13.5 Å². The van der Waals surface area contributed by atoms with E-state index in [2.05, 4.69) is 63.8 Å². The highest BCUT2D eigenvalue weighted by molar-refractivity contribution is 9.09. The molecular formula is C13H22Br2N2. The Balaban J connectivity index is 2.89. The van der Waals surface area contributed by atoms with Crippen molar-refractivity contribution in [2.75, 3.05) is 10.7 Å². The van der Waals surface area contributed by atoms with E-state index in [0.29, 0.717) is 5.92 Å². The molecule has 0 saturated carbocycles. The Bertz CT molecular complexity index is 354. The van der Waals surface area contributed by atoms with E-state index >= 15 is 0 Å². The van der Waals surface area contributed by atoms with Crippen LogP contribution in [0.4, 0.5) is 0 Å². The van der Waals surface area contributed by atoms with Crippen molar-refractivity contribution in [3.8, 4) is 0 Å². The number of hydrogen-bond acceptors (Lipinski definition) is 1. The van der Waals surface area contributed by atoms with Crippen LogP contribution in [-0.4, -0.2) is 20.4 Å². The van der Waals surface area contributed by atoms with Gasteiger partial charge in [0.05, 0.1) is 5.69 Å².